The first-order valence-corrected chi connectivity index (χ1v) is 12.6. The van der Waals surface area contributed by atoms with Crippen LogP contribution in [0.1, 0.15) is 33.8 Å². The molecule has 0 atom stereocenters. The quantitative estimate of drug-likeness (QED) is 0.374. The fourth-order valence-corrected chi connectivity index (χ4v) is 5.51. The van der Waals surface area contributed by atoms with Crippen LogP contribution in [-0.4, -0.2) is 48.6 Å². The Morgan fingerprint density at radius 1 is 1.11 bits per heavy atom. The van der Waals surface area contributed by atoms with Gasteiger partial charge in [0, 0.05) is 31.0 Å². The van der Waals surface area contributed by atoms with Gasteiger partial charge in [-0.3, -0.25) is 19.3 Å². The topological polar surface area (TPSA) is 110 Å². The van der Waals surface area contributed by atoms with E-state index in [9.17, 15) is 9.59 Å². The number of carbonyl (C=O) groups excluding carboxylic acids is 2. The van der Waals surface area contributed by atoms with Gasteiger partial charge in [-0.25, -0.2) is 15.0 Å². The maximum absolute atomic E-state index is 13.9. The van der Waals surface area contributed by atoms with Crippen molar-refractivity contribution in [1.29, 1.82) is 0 Å². The monoisotopic (exact) mass is 499 g/mol. The second-order valence-corrected chi connectivity index (χ2v) is 10.5. The van der Waals surface area contributed by atoms with Crippen molar-refractivity contribution < 1.29 is 9.59 Å². The Labute approximate surface area is 211 Å². The van der Waals surface area contributed by atoms with E-state index >= 15 is 0 Å². The molecule has 9 nitrogen and oxygen atoms in total. The summed E-state index contributed by atoms with van der Waals surface area (Å²) in [4.78, 5) is 36.0. The van der Waals surface area contributed by atoms with E-state index in [1.54, 1.807) is 41.4 Å². The minimum Gasteiger partial charge on any atom is -0.383 e. The van der Waals surface area contributed by atoms with E-state index in [4.69, 9.17) is 5.73 Å². The highest BCUT2D eigenvalue weighted by molar-refractivity contribution is 7.18. The molecule has 0 spiro atoms. The third-order valence-corrected chi connectivity index (χ3v) is 7.62. The summed E-state index contributed by atoms with van der Waals surface area (Å²) in [6.07, 6.45) is 3.40. The maximum Gasteiger partial charge on any atom is 0.272 e. The molecule has 5 aromatic rings. The number of nitrogen functional groups attached to an aromatic ring is 1. The Morgan fingerprint density at radius 3 is 2.67 bits per heavy atom. The summed E-state index contributed by atoms with van der Waals surface area (Å²) < 4.78 is 2.79. The number of benzene rings is 2. The zero-order chi connectivity index (χ0) is 25.1. The summed E-state index contributed by atoms with van der Waals surface area (Å²) >= 11 is 1.61. The summed E-state index contributed by atoms with van der Waals surface area (Å²) in [5.74, 6) is 0.0768. The van der Waals surface area contributed by atoms with Crippen LogP contribution in [0.25, 0.3) is 32.0 Å². The molecule has 1 saturated carbocycles. The third kappa shape index (κ3) is 3.74. The minimum atomic E-state index is -0.263. The lowest BCUT2D eigenvalue weighted by Crippen LogP contribution is -2.47. The van der Waals surface area contributed by atoms with E-state index in [-0.39, 0.29) is 24.3 Å². The molecule has 0 unspecified atom stereocenters. The van der Waals surface area contributed by atoms with E-state index in [1.165, 1.54) is 10.0 Å². The average molecular weight is 500 g/mol. The van der Waals surface area contributed by atoms with E-state index in [2.05, 4.69) is 15.1 Å². The fourth-order valence-electron chi connectivity index (χ4n) is 4.62. The molecule has 1 aliphatic rings. The van der Waals surface area contributed by atoms with Crippen molar-refractivity contribution in [3.8, 4) is 0 Å². The molecule has 0 saturated heterocycles. The Morgan fingerprint density at radius 2 is 1.89 bits per heavy atom. The predicted molar refractivity (Wildman–Crippen MR) is 140 cm³/mol. The maximum atomic E-state index is 13.9. The SMILES string of the molecule is Cc1nc2ccc(CN(C(=O)c3ccc4nc(N)c5cnn(C)c5c4c3)N(C)C(=O)C3CC3)cc2s1. The second-order valence-electron chi connectivity index (χ2n) is 9.29. The number of rotatable bonds is 4. The van der Waals surface area contributed by atoms with Crippen molar-refractivity contribution in [3.05, 3.63) is 58.7 Å². The number of carbonyl (C=O) groups is 2. The number of hydrazine groups is 1. The van der Waals surface area contributed by atoms with Crippen LogP contribution in [0, 0.1) is 12.8 Å². The van der Waals surface area contributed by atoms with Crippen molar-refractivity contribution in [1.82, 2.24) is 29.8 Å². The zero-order valence-corrected chi connectivity index (χ0v) is 21.0. The highest BCUT2D eigenvalue weighted by atomic mass is 32.1. The first-order chi connectivity index (χ1) is 17.3. The van der Waals surface area contributed by atoms with Gasteiger partial charge in [-0.15, -0.1) is 11.3 Å². The highest BCUT2D eigenvalue weighted by Crippen LogP contribution is 2.33. The Balaban J connectivity index is 1.42. The molecule has 2 N–H and O–H groups in total. The van der Waals surface area contributed by atoms with E-state index < -0.39 is 0 Å². The molecule has 0 bridgehead atoms. The van der Waals surface area contributed by atoms with Crippen LogP contribution >= 0.6 is 11.3 Å². The summed E-state index contributed by atoms with van der Waals surface area (Å²) in [7, 11) is 3.51. The molecule has 3 heterocycles. The van der Waals surface area contributed by atoms with Gasteiger partial charge >= 0.3 is 0 Å². The van der Waals surface area contributed by atoms with Gasteiger partial charge in [0.15, 0.2) is 0 Å². The van der Waals surface area contributed by atoms with Gasteiger partial charge in [0.05, 0.1) is 44.4 Å². The standard InChI is InChI=1S/C26H25N7O2S/c1-14-29-21-8-4-15(10-22(21)36-14)13-33(32(3)25(34)16-5-6-16)26(35)17-7-9-20-18(11-17)23-19(24(27)30-20)12-28-31(23)2/h4,7-12,16H,5-6,13H2,1-3H3,(H2,27,30). The summed E-state index contributed by atoms with van der Waals surface area (Å²) in [6.45, 7) is 2.24. The van der Waals surface area contributed by atoms with Gasteiger partial charge in [0.25, 0.3) is 5.91 Å². The van der Waals surface area contributed by atoms with Crippen LogP contribution in [-0.2, 0) is 18.4 Å². The van der Waals surface area contributed by atoms with Gasteiger partial charge in [0.1, 0.15) is 5.82 Å². The summed E-state index contributed by atoms with van der Waals surface area (Å²) in [6, 6.07) is 11.3. The number of nitrogens with two attached hydrogens (primary N) is 1. The van der Waals surface area contributed by atoms with Crippen LogP contribution in [0.2, 0.25) is 0 Å². The highest BCUT2D eigenvalue weighted by Gasteiger charge is 2.36. The van der Waals surface area contributed by atoms with E-state index in [0.29, 0.717) is 16.9 Å². The predicted octanol–water partition coefficient (Wildman–Crippen LogP) is 4.05. The molecule has 2 aromatic carbocycles. The van der Waals surface area contributed by atoms with Crippen molar-refractivity contribution in [3.63, 3.8) is 0 Å². The van der Waals surface area contributed by atoms with Crippen LogP contribution in [0.15, 0.2) is 42.6 Å². The largest absolute Gasteiger partial charge is 0.383 e. The molecule has 6 rings (SSSR count). The lowest BCUT2D eigenvalue weighted by Gasteiger charge is -2.32. The Hall–Kier alpha value is -4.05. The van der Waals surface area contributed by atoms with Crippen LogP contribution in [0.3, 0.4) is 0 Å². The fraction of sp³-hybridized carbons (Fsp3) is 0.269. The van der Waals surface area contributed by atoms with Crippen molar-refractivity contribution >= 4 is 61.0 Å². The molecule has 182 valence electrons. The molecule has 0 aliphatic heterocycles. The molecule has 10 heteroatoms. The molecule has 1 aliphatic carbocycles. The molecule has 36 heavy (non-hydrogen) atoms. The number of pyridine rings is 1. The van der Waals surface area contributed by atoms with Crippen molar-refractivity contribution in [2.24, 2.45) is 13.0 Å². The summed E-state index contributed by atoms with van der Waals surface area (Å²) in [5.41, 5.74) is 9.94. The smallest absolute Gasteiger partial charge is 0.272 e. The number of thiazole rings is 1. The Bertz CT molecular complexity index is 1680. The van der Waals surface area contributed by atoms with Gasteiger partial charge in [-0.1, -0.05) is 6.07 Å². The van der Waals surface area contributed by atoms with Gasteiger partial charge in [-0.05, 0) is 55.7 Å². The summed E-state index contributed by atoms with van der Waals surface area (Å²) in [5, 5.41) is 9.84. The van der Waals surface area contributed by atoms with E-state index in [0.717, 1.165) is 49.9 Å². The number of fused-ring (bicyclic) bond motifs is 4. The molecule has 2 amide bonds. The number of amides is 2. The number of hydrogen-bond acceptors (Lipinski definition) is 7. The van der Waals surface area contributed by atoms with Gasteiger partial charge < -0.3 is 5.73 Å². The zero-order valence-electron chi connectivity index (χ0n) is 20.2. The Kier molecular flexibility index (Phi) is 5.15. The lowest BCUT2D eigenvalue weighted by molar-refractivity contribution is -0.144. The molecular weight excluding hydrogens is 474 g/mol. The number of nitrogens with zero attached hydrogens (tertiary/aromatic N) is 6. The lowest BCUT2D eigenvalue weighted by atomic mass is 10.1. The molecular formula is C26H25N7O2S. The number of aryl methyl sites for hydroxylation is 2. The van der Waals surface area contributed by atoms with Crippen molar-refractivity contribution in [2.45, 2.75) is 26.3 Å². The second kappa shape index (κ2) is 8.27. The van der Waals surface area contributed by atoms with Crippen LogP contribution < -0.4 is 5.73 Å². The third-order valence-electron chi connectivity index (χ3n) is 6.69. The first-order valence-electron chi connectivity index (χ1n) is 11.8. The number of anilines is 1. The molecule has 3 aromatic heterocycles. The van der Waals surface area contributed by atoms with Gasteiger partial charge in [-0.2, -0.15) is 5.10 Å². The van der Waals surface area contributed by atoms with Crippen LogP contribution in [0.5, 0.6) is 0 Å². The van der Waals surface area contributed by atoms with E-state index in [1.807, 2.05) is 38.2 Å². The number of aromatic nitrogens is 4. The van der Waals surface area contributed by atoms with Crippen molar-refractivity contribution in [2.75, 3.05) is 12.8 Å². The molecule has 0 radical (unpaired) electrons. The number of hydrogen-bond donors (Lipinski definition) is 1. The van der Waals surface area contributed by atoms with Gasteiger partial charge in [0.2, 0.25) is 5.91 Å². The van der Waals surface area contributed by atoms with Crippen LogP contribution in [0.4, 0.5) is 5.82 Å². The first kappa shape index (κ1) is 22.4. The minimum absolute atomic E-state index is 0.0187. The molecule has 1 fully saturated rings. The normalized spacial score (nSPS) is 13.5. The average Bonchev–Trinajstić information content (AvgIpc) is 3.54.